The molecule has 2 nitrogen and oxygen atoms in total. The molecule has 0 saturated heterocycles. The Hall–Kier alpha value is -1.02. The second-order valence-corrected chi connectivity index (χ2v) is 5.12. The summed E-state index contributed by atoms with van der Waals surface area (Å²) in [7, 11) is 1.87. The molecule has 100 valence electrons. The molecule has 18 heavy (non-hydrogen) atoms. The minimum atomic E-state index is 0.120. The van der Waals surface area contributed by atoms with Crippen molar-refractivity contribution < 1.29 is 4.79 Å². The first kappa shape index (κ1) is 15.0. The SMILES string of the molecule is Cc1ccc(C(C)N(C)C(=O)CCCCCl)cc1. The maximum atomic E-state index is 12.0. The lowest BCUT2D eigenvalue weighted by Crippen LogP contribution is -2.29. The molecular formula is C15H22ClNO. The number of carbonyl (C=O) groups is 1. The van der Waals surface area contributed by atoms with Crippen LogP contribution >= 0.6 is 11.6 Å². The van der Waals surface area contributed by atoms with Crippen LogP contribution in [0.5, 0.6) is 0 Å². The first-order valence-corrected chi connectivity index (χ1v) is 6.98. The Balaban J connectivity index is 2.57. The number of unbranched alkanes of at least 4 members (excludes halogenated alkanes) is 1. The number of hydrogen-bond acceptors (Lipinski definition) is 1. The average molecular weight is 268 g/mol. The fraction of sp³-hybridized carbons (Fsp3) is 0.533. The van der Waals surface area contributed by atoms with Crippen molar-refractivity contribution in [1.82, 2.24) is 4.90 Å². The molecule has 0 aliphatic carbocycles. The van der Waals surface area contributed by atoms with Gasteiger partial charge in [0.2, 0.25) is 5.91 Å². The molecule has 0 aliphatic rings. The molecule has 0 fully saturated rings. The van der Waals surface area contributed by atoms with Crippen LogP contribution in [0.1, 0.15) is 43.4 Å². The van der Waals surface area contributed by atoms with E-state index in [4.69, 9.17) is 11.6 Å². The van der Waals surface area contributed by atoms with Gasteiger partial charge >= 0.3 is 0 Å². The Morgan fingerprint density at radius 2 is 1.89 bits per heavy atom. The monoisotopic (exact) mass is 267 g/mol. The molecule has 1 amide bonds. The van der Waals surface area contributed by atoms with Crippen LogP contribution in [-0.2, 0) is 4.79 Å². The van der Waals surface area contributed by atoms with Crippen molar-refractivity contribution in [3.05, 3.63) is 35.4 Å². The summed E-state index contributed by atoms with van der Waals surface area (Å²) in [6, 6.07) is 8.45. The average Bonchev–Trinajstić information content (AvgIpc) is 2.38. The Bertz CT molecular complexity index is 375. The minimum Gasteiger partial charge on any atom is -0.339 e. The second kappa shape index (κ2) is 7.42. The summed E-state index contributed by atoms with van der Waals surface area (Å²) in [6.07, 6.45) is 2.35. The fourth-order valence-electron chi connectivity index (χ4n) is 1.83. The van der Waals surface area contributed by atoms with E-state index in [0.717, 1.165) is 12.8 Å². The van der Waals surface area contributed by atoms with Gasteiger partial charge in [0.15, 0.2) is 0 Å². The van der Waals surface area contributed by atoms with Crippen LogP contribution < -0.4 is 0 Å². The number of nitrogens with zero attached hydrogens (tertiary/aromatic N) is 1. The minimum absolute atomic E-state index is 0.120. The lowest BCUT2D eigenvalue weighted by atomic mass is 10.1. The van der Waals surface area contributed by atoms with Gasteiger partial charge in [-0.2, -0.15) is 0 Å². The van der Waals surface area contributed by atoms with E-state index in [0.29, 0.717) is 12.3 Å². The van der Waals surface area contributed by atoms with Gasteiger partial charge in [-0.3, -0.25) is 4.79 Å². The van der Waals surface area contributed by atoms with Gasteiger partial charge in [-0.1, -0.05) is 29.8 Å². The van der Waals surface area contributed by atoms with Gasteiger partial charge in [-0.05, 0) is 32.3 Å². The van der Waals surface area contributed by atoms with Crippen LogP contribution in [0.15, 0.2) is 24.3 Å². The molecule has 0 bridgehead atoms. The molecule has 1 rings (SSSR count). The predicted molar refractivity (Wildman–Crippen MR) is 76.9 cm³/mol. The Morgan fingerprint density at radius 1 is 1.28 bits per heavy atom. The van der Waals surface area contributed by atoms with Crippen molar-refractivity contribution in [2.75, 3.05) is 12.9 Å². The molecule has 0 aliphatic heterocycles. The molecular weight excluding hydrogens is 246 g/mol. The van der Waals surface area contributed by atoms with Crippen molar-refractivity contribution in [2.24, 2.45) is 0 Å². The Kier molecular flexibility index (Phi) is 6.20. The van der Waals surface area contributed by atoms with Crippen LogP contribution in [0.2, 0.25) is 0 Å². The van der Waals surface area contributed by atoms with Gasteiger partial charge < -0.3 is 4.90 Å². The first-order chi connectivity index (χ1) is 8.56. The standard InChI is InChI=1S/C15H22ClNO/c1-12-7-9-14(10-8-12)13(2)17(3)15(18)6-4-5-11-16/h7-10,13H,4-6,11H2,1-3H3. The second-order valence-electron chi connectivity index (χ2n) is 4.74. The number of halogens is 1. The number of aryl methyl sites for hydroxylation is 1. The number of rotatable bonds is 6. The lowest BCUT2D eigenvalue weighted by Gasteiger charge is -2.25. The molecule has 1 aromatic rings. The maximum Gasteiger partial charge on any atom is 0.222 e. The summed E-state index contributed by atoms with van der Waals surface area (Å²) < 4.78 is 0. The topological polar surface area (TPSA) is 20.3 Å². The summed E-state index contributed by atoms with van der Waals surface area (Å²) in [6.45, 7) is 4.12. The zero-order valence-corrected chi connectivity index (χ0v) is 12.2. The third kappa shape index (κ3) is 4.34. The summed E-state index contributed by atoms with van der Waals surface area (Å²) in [5.74, 6) is 0.818. The third-order valence-corrected chi connectivity index (χ3v) is 3.58. The summed E-state index contributed by atoms with van der Waals surface area (Å²) >= 11 is 5.61. The summed E-state index contributed by atoms with van der Waals surface area (Å²) in [4.78, 5) is 13.8. The van der Waals surface area contributed by atoms with Crippen LogP contribution in [0.4, 0.5) is 0 Å². The van der Waals surface area contributed by atoms with Gasteiger partial charge in [0, 0.05) is 19.3 Å². The molecule has 0 N–H and O–H groups in total. The molecule has 0 heterocycles. The zero-order chi connectivity index (χ0) is 13.5. The molecule has 1 atom stereocenters. The van der Waals surface area contributed by atoms with Crippen molar-refractivity contribution in [3.63, 3.8) is 0 Å². The Labute approximate surface area is 115 Å². The van der Waals surface area contributed by atoms with E-state index in [1.54, 1.807) is 0 Å². The smallest absolute Gasteiger partial charge is 0.222 e. The van der Waals surface area contributed by atoms with Crippen molar-refractivity contribution >= 4 is 17.5 Å². The largest absolute Gasteiger partial charge is 0.339 e. The number of alkyl halides is 1. The first-order valence-electron chi connectivity index (χ1n) is 6.44. The van der Waals surface area contributed by atoms with Crippen LogP contribution in [0.3, 0.4) is 0 Å². The summed E-state index contributed by atoms with van der Waals surface area (Å²) in [5, 5.41) is 0. The molecule has 0 spiro atoms. The van der Waals surface area contributed by atoms with Crippen LogP contribution in [0.25, 0.3) is 0 Å². The Morgan fingerprint density at radius 3 is 2.44 bits per heavy atom. The molecule has 1 aromatic carbocycles. The van der Waals surface area contributed by atoms with Gasteiger partial charge in [0.1, 0.15) is 0 Å². The van der Waals surface area contributed by atoms with E-state index >= 15 is 0 Å². The summed E-state index contributed by atoms with van der Waals surface area (Å²) in [5.41, 5.74) is 2.41. The molecule has 1 unspecified atom stereocenters. The van der Waals surface area contributed by atoms with Gasteiger partial charge in [0.25, 0.3) is 0 Å². The van der Waals surface area contributed by atoms with E-state index in [9.17, 15) is 4.79 Å². The fourth-order valence-corrected chi connectivity index (χ4v) is 2.02. The lowest BCUT2D eigenvalue weighted by molar-refractivity contribution is -0.131. The van der Waals surface area contributed by atoms with Gasteiger partial charge in [-0.15, -0.1) is 11.6 Å². The molecule has 3 heteroatoms. The van der Waals surface area contributed by atoms with Crippen molar-refractivity contribution in [2.45, 2.75) is 39.2 Å². The zero-order valence-electron chi connectivity index (χ0n) is 11.4. The van der Waals surface area contributed by atoms with Crippen LogP contribution in [0, 0.1) is 6.92 Å². The predicted octanol–water partition coefficient (Wildman–Crippen LogP) is 3.92. The van der Waals surface area contributed by atoms with Gasteiger partial charge in [0.05, 0.1) is 6.04 Å². The quantitative estimate of drug-likeness (QED) is 0.565. The van der Waals surface area contributed by atoms with E-state index in [2.05, 4.69) is 38.1 Å². The van der Waals surface area contributed by atoms with E-state index in [1.807, 2.05) is 11.9 Å². The van der Waals surface area contributed by atoms with Gasteiger partial charge in [-0.25, -0.2) is 0 Å². The molecule has 0 radical (unpaired) electrons. The highest BCUT2D eigenvalue weighted by Gasteiger charge is 2.16. The van der Waals surface area contributed by atoms with E-state index in [-0.39, 0.29) is 11.9 Å². The van der Waals surface area contributed by atoms with Crippen molar-refractivity contribution in [3.8, 4) is 0 Å². The number of carbonyl (C=O) groups excluding carboxylic acids is 1. The molecule has 0 saturated carbocycles. The number of hydrogen-bond donors (Lipinski definition) is 0. The molecule has 0 aromatic heterocycles. The number of benzene rings is 1. The number of amides is 1. The maximum absolute atomic E-state index is 12.0. The van der Waals surface area contributed by atoms with E-state index in [1.165, 1.54) is 11.1 Å². The highest BCUT2D eigenvalue weighted by Crippen LogP contribution is 2.20. The van der Waals surface area contributed by atoms with Crippen molar-refractivity contribution in [1.29, 1.82) is 0 Å². The van der Waals surface area contributed by atoms with E-state index < -0.39 is 0 Å². The third-order valence-electron chi connectivity index (χ3n) is 3.31. The van der Waals surface area contributed by atoms with Crippen LogP contribution in [-0.4, -0.2) is 23.7 Å². The normalized spacial score (nSPS) is 12.2. The highest BCUT2D eigenvalue weighted by atomic mass is 35.5. The highest BCUT2D eigenvalue weighted by molar-refractivity contribution is 6.17.